The zero-order chi connectivity index (χ0) is 20.1. The largest absolute Gasteiger partial charge is 0.444 e. The molecule has 148 valence electrons. The first kappa shape index (κ1) is 21.9. The molecule has 8 heteroatoms. The third kappa shape index (κ3) is 7.84. The summed E-state index contributed by atoms with van der Waals surface area (Å²) in [6.07, 6.45) is 1.07. The van der Waals surface area contributed by atoms with E-state index in [4.69, 9.17) is 9.57 Å². The Morgan fingerprint density at radius 3 is 2.08 bits per heavy atom. The topological polar surface area (TPSA) is 102 Å². The van der Waals surface area contributed by atoms with Crippen LogP contribution in [0.1, 0.15) is 73.6 Å². The molecule has 1 fully saturated rings. The van der Waals surface area contributed by atoms with E-state index in [1.165, 1.54) is 0 Å². The van der Waals surface area contributed by atoms with E-state index in [0.29, 0.717) is 17.9 Å². The van der Waals surface area contributed by atoms with Gasteiger partial charge in [-0.25, -0.2) is 9.59 Å². The second kappa shape index (κ2) is 8.51. The maximum Gasteiger partial charge on any atom is 0.408 e. The Bertz CT molecular complexity index is 543. The summed E-state index contributed by atoms with van der Waals surface area (Å²) < 4.78 is 5.17. The number of alkyl carbamates (subject to hydrolysis) is 1. The molecular formula is C18H30N2O6. The third-order valence-electron chi connectivity index (χ3n) is 3.58. The summed E-state index contributed by atoms with van der Waals surface area (Å²) in [5.41, 5.74) is -0.647. The zero-order valence-corrected chi connectivity index (χ0v) is 16.5. The maximum absolute atomic E-state index is 12.4. The van der Waals surface area contributed by atoms with Crippen LogP contribution in [0.2, 0.25) is 0 Å². The van der Waals surface area contributed by atoms with E-state index in [0.717, 1.165) is 6.42 Å². The molecule has 0 saturated carbocycles. The molecule has 0 spiro atoms. The minimum atomic E-state index is -1.01. The molecular weight excluding hydrogens is 340 g/mol. The van der Waals surface area contributed by atoms with Crippen molar-refractivity contribution >= 4 is 23.9 Å². The molecule has 0 aliphatic carbocycles. The molecule has 0 aromatic rings. The Labute approximate surface area is 154 Å². The number of nitrogens with one attached hydrogen (secondary N) is 1. The van der Waals surface area contributed by atoms with E-state index in [2.05, 4.69) is 26.1 Å². The molecule has 1 N–H and O–H groups in total. The first-order chi connectivity index (χ1) is 11.8. The lowest BCUT2D eigenvalue weighted by Crippen LogP contribution is -2.46. The standard InChI is InChI=1S/C18H30N2O6/c1-17(2,3)11-7-8-12(19-16(24)25-18(4,5)6)15(23)26-20-13(21)9-10-14(20)22/h12H,7-11H2,1-6H3,(H,19,24). The van der Waals surface area contributed by atoms with E-state index in [1.54, 1.807) is 20.8 Å². The number of carbonyl (C=O) groups excluding carboxylic acids is 4. The number of ether oxygens (including phenoxy) is 1. The van der Waals surface area contributed by atoms with Crippen LogP contribution in [0.4, 0.5) is 4.79 Å². The lowest BCUT2D eigenvalue weighted by Gasteiger charge is -2.24. The van der Waals surface area contributed by atoms with Crippen molar-refractivity contribution in [1.82, 2.24) is 10.4 Å². The highest BCUT2D eigenvalue weighted by Crippen LogP contribution is 2.23. The van der Waals surface area contributed by atoms with Gasteiger partial charge in [0.15, 0.2) is 0 Å². The quantitative estimate of drug-likeness (QED) is 0.721. The van der Waals surface area contributed by atoms with E-state index in [-0.39, 0.29) is 18.3 Å². The highest BCUT2D eigenvalue weighted by Gasteiger charge is 2.35. The van der Waals surface area contributed by atoms with Gasteiger partial charge in [-0.05, 0) is 39.0 Å². The summed E-state index contributed by atoms with van der Waals surface area (Å²) in [4.78, 5) is 52.6. The fourth-order valence-electron chi connectivity index (χ4n) is 2.35. The SMILES string of the molecule is CC(C)(C)CCCC(NC(=O)OC(C)(C)C)C(=O)ON1C(=O)CCC1=O. The Morgan fingerprint density at radius 2 is 1.62 bits per heavy atom. The van der Waals surface area contributed by atoms with Crippen molar-refractivity contribution in [1.29, 1.82) is 0 Å². The minimum absolute atomic E-state index is 0.0142. The van der Waals surface area contributed by atoms with Gasteiger partial charge in [0.25, 0.3) is 11.8 Å². The van der Waals surface area contributed by atoms with Gasteiger partial charge in [-0.15, -0.1) is 5.06 Å². The molecule has 3 amide bonds. The fraction of sp³-hybridized carbons (Fsp3) is 0.778. The van der Waals surface area contributed by atoms with E-state index >= 15 is 0 Å². The number of imide groups is 1. The Balaban J connectivity index is 2.74. The lowest BCUT2D eigenvalue weighted by atomic mass is 9.89. The van der Waals surface area contributed by atoms with Gasteiger partial charge in [0, 0.05) is 12.8 Å². The number of hydroxylamine groups is 2. The highest BCUT2D eigenvalue weighted by atomic mass is 16.7. The summed E-state index contributed by atoms with van der Waals surface area (Å²) in [7, 11) is 0. The molecule has 1 atom stereocenters. The number of hydrogen-bond acceptors (Lipinski definition) is 6. The fourth-order valence-corrected chi connectivity index (χ4v) is 2.35. The number of nitrogens with zero attached hydrogens (tertiary/aromatic N) is 1. The zero-order valence-electron chi connectivity index (χ0n) is 16.5. The first-order valence-corrected chi connectivity index (χ1v) is 8.85. The molecule has 0 bridgehead atoms. The average molecular weight is 370 g/mol. The Hall–Kier alpha value is -2.12. The van der Waals surface area contributed by atoms with Gasteiger partial charge in [0.05, 0.1) is 0 Å². The molecule has 8 nitrogen and oxygen atoms in total. The molecule has 1 saturated heterocycles. The van der Waals surface area contributed by atoms with Gasteiger partial charge >= 0.3 is 12.1 Å². The number of rotatable bonds is 6. The van der Waals surface area contributed by atoms with Crippen LogP contribution in [0.5, 0.6) is 0 Å². The van der Waals surface area contributed by atoms with Crippen molar-refractivity contribution in [2.75, 3.05) is 0 Å². The summed E-state index contributed by atoms with van der Waals surface area (Å²) in [5, 5.41) is 2.96. The van der Waals surface area contributed by atoms with Crippen molar-refractivity contribution in [3.8, 4) is 0 Å². The minimum Gasteiger partial charge on any atom is -0.444 e. The van der Waals surface area contributed by atoms with Gasteiger partial charge in [-0.3, -0.25) is 9.59 Å². The van der Waals surface area contributed by atoms with Crippen molar-refractivity contribution in [2.45, 2.75) is 85.3 Å². The van der Waals surface area contributed by atoms with Crippen LogP contribution in [-0.4, -0.2) is 40.6 Å². The Kier molecular flexibility index (Phi) is 7.17. The predicted molar refractivity (Wildman–Crippen MR) is 93.6 cm³/mol. The number of amides is 3. The molecule has 0 aromatic carbocycles. The van der Waals surface area contributed by atoms with Crippen molar-refractivity contribution in [2.24, 2.45) is 5.41 Å². The summed E-state index contributed by atoms with van der Waals surface area (Å²) >= 11 is 0. The predicted octanol–water partition coefficient (Wildman–Crippen LogP) is 2.70. The number of carbonyl (C=O) groups is 4. The van der Waals surface area contributed by atoms with Crippen LogP contribution < -0.4 is 5.32 Å². The first-order valence-electron chi connectivity index (χ1n) is 8.85. The normalized spacial score (nSPS) is 16.5. The molecule has 1 heterocycles. The van der Waals surface area contributed by atoms with Crippen LogP contribution in [0, 0.1) is 5.41 Å². The number of hydrogen-bond donors (Lipinski definition) is 1. The summed E-state index contributed by atoms with van der Waals surface area (Å²) in [6, 6.07) is -1.01. The molecule has 26 heavy (non-hydrogen) atoms. The molecule has 1 aliphatic heterocycles. The monoisotopic (exact) mass is 370 g/mol. The maximum atomic E-state index is 12.4. The molecule has 0 aromatic heterocycles. The van der Waals surface area contributed by atoms with Gasteiger partial charge in [-0.2, -0.15) is 0 Å². The van der Waals surface area contributed by atoms with Crippen LogP contribution >= 0.6 is 0 Å². The van der Waals surface area contributed by atoms with Crippen molar-refractivity contribution < 1.29 is 28.8 Å². The lowest BCUT2D eigenvalue weighted by molar-refractivity contribution is -0.199. The van der Waals surface area contributed by atoms with Gasteiger partial charge < -0.3 is 14.9 Å². The molecule has 1 aliphatic rings. The van der Waals surface area contributed by atoms with Crippen LogP contribution in [0.3, 0.4) is 0 Å². The van der Waals surface area contributed by atoms with Gasteiger partial charge in [0.1, 0.15) is 11.6 Å². The second-order valence-electron chi connectivity index (χ2n) is 8.64. The van der Waals surface area contributed by atoms with Crippen LogP contribution in [0.15, 0.2) is 0 Å². The second-order valence-corrected chi connectivity index (χ2v) is 8.64. The summed E-state index contributed by atoms with van der Waals surface area (Å²) in [6.45, 7) is 11.3. The smallest absolute Gasteiger partial charge is 0.408 e. The van der Waals surface area contributed by atoms with E-state index in [9.17, 15) is 19.2 Å². The van der Waals surface area contributed by atoms with Crippen LogP contribution in [-0.2, 0) is 24.0 Å². The van der Waals surface area contributed by atoms with Crippen molar-refractivity contribution in [3.05, 3.63) is 0 Å². The third-order valence-corrected chi connectivity index (χ3v) is 3.58. The summed E-state index contributed by atoms with van der Waals surface area (Å²) in [5.74, 6) is -1.98. The van der Waals surface area contributed by atoms with Crippen LogP contribution in [0.25, 0.3) is 0 Å². The Morgan fingerprint density at radius 1 is 1.08 bits per heavy atom. The van der Waals surface area contributed by atoms with Gasteiger partial charge in [-0.1, -0.05) is 27.2 Å². The van der Waals surface area contributed by atoms with E-state index in [1.807, 2.05) is 0 Å². The van der Waals surface area contributed by atoms with Gasteiger partial charge in [0.2, 0.25) is 0 Å². The van der Waals surface area contributed by atoms with Crippen molar-refractivity contribution in [3.63, 3.8) is 0 Å². The van der Waals surface area contributed by atoms with E-state index < -0.39 is 35.5 Å². The average Bonchev–Trinajstić information content (AvgIpc) is 2.74. The molecule has 0 radical (unpaired) electrons. The highest BCUT2D eigenvalue weighted by molar-refractivity contribution is 6.01. The molecule has 1 rings (SSSR count). The molecule has 1 unspecified atom stereocenters.